The molecule has 0 saturated carbocycles. The van der Waals surface area contributed by atoms with Crippen molar-refractivity contribution >= 4 is 22.7 Å². The van der Waals surface area contributed by atoms with Gasteiger partial charge in [-0.2, -0.15) is 4.13 Å². The minimum absolute atomic E-state index is 0. The zero-order valence-corrected chi connectivity index (χ0v) is 7.98. The maximum absolute atomic E-state index is 11.3. The maximum Gasteiger partial charge on any atom is 1.00 e. The fourth-order valence-corrected chi connectivity index (χ4v) is 1.31. The minimum atomic E-state index is -5.43. The Bertz CT molecular complexity index is 156. The molecule has 80 valence electrons. The van der Waals surface area contributed by atoms with E-state index in [1.807, 2.05) is 0 Å². The molecular weight excluding hydrogens is 255 g/mol. The van der Waals surface area contributed by atoms with Gasteiger partial charge in [-0.05, 0) is 0 Å². The Hall–Kier alpha value is 0.757. The number of alkyl halides is 6. The summed E-state index contributed by atoms with van der Waals surface area (Å²) in [6.45, 7) is 0. The zero-order valence-electron chi connectivity index (χ0n) is 6.35. The standard InChI is InChI=1S/C2F6NO2S2.Li/c3-1(4,5)12(10)9-13(11)2(6,7)8;/q-1;+1. The number of hydrogen-bond donors (Lipinski definition) is 0. The quantitative estimate of drug-likeness (QED) is 0.351. The van der Waals surface area contributed by atoms with E-state index < -0.39 is 33.7 Å². The van der Waals surface area contributed by atoms with Crippen LogP contribution in [0.5, 0.6) is 0 Å². The number of nitrogens with zero attached hydrogens (tertiary/aromatic N) is 1. The Labute approximate surface area is 92.4 Å². The predicted molar refractivity (Wildman–Crippen MR) is 31.8 cm³/mol. The number of halogens is 6. The average Bonchev–Trinajstić information content (AvgIpc) is 1.82. The predicted octanol–water partition coefficient (Wildman–Crippen LogP) is -1.27. The van der Waals surface area contributed by atoms with Crippen LogP contribution in [0.25, 0.3) is 4.13 Å². The summed E-state index contributed by atoms with van der Waals surface area (Å²) in [6, 6.07) is 0. The Morgan fingerprint density at radius 1 is 0.786 bits per heavy atom. The molecule has 3 nitrogen and oxygen atoms in total. The maximum atomic E-state index is 11.3. The molecule has 2 atom stereocenters. The fourth-order valence-electron chi connectivity index (χ4n) is 0.146. The Morgan fingerprint density at radius 2 is 1.00 bits per heavy atom. The summed E-state index contributed by atoms with van der Waals surface area (Å²) < 4.78 is 89.0. The minimum Gasteiger partial charge on any atom is -0.618 e. The van der Waals surface area contributed by atoms with E-state index in [-0.39, 0.29) is 18.9 Å². The van der Waals surface area contributed by atoms with Crippen molar-refractivity contribution in [3.05, 3.63) is 4.13 Å². The number of rotatable bonds is 2. The normalized spacial score (nSPS) is 17.1. The Balaban J connectivity index is 0. The zero-order chi connectivity index (χ0) is 10.9. The van der Waals surface area contributed by atoms with Gasteiger partial charge >= 0.3 is 29.9 Å². The van der Waals surface area contributed by atoms with Gasteiger partial charge in [0.15, 0.2) is 0 Å². The van der Waals surface area contributed by atoms with Crippen LogP contribution in [0, 0.1) is 0 Å². The van der Waals surface area contributed by atoms with Gasteiger partial charge in [-0.15, -0.1) is 26.3 Å². The number of hydrogen-bond acceptors (Lipinski definition) is 2. The van der Waals surface area contributed by atoms with Gasteiger partial charge in [0.1, 0.15) is 0 Å². The van der Waals surface area contributed by atoms with Gasteiger partial charge in [0, 0.05) is 22.7 Å². The third kappa shape index (κ3) is 6.28. The van der Waals surface area contributed by atoms with Gasteiger partial charge in [-0.3, -0.25) is 0 Å². The second-order valence-corrected chi connectivity index (χ2v) is 3.98. The van der Waals surface area contributed by atoms with E-state index in [4.69, 9.17) is 0 Å². The van der Waals surface area contributed by atoms with Crippen LogP contribution in [0.2, 0.25) is 0 Å². The first kappa shape index (κ1) is 17.2. The smallest absolute Gasteiger partial charge is 0.618 e. The summed E-state index contributed by atoms with van der Waals surface area (Å²) in [4.78, 5) is 0. The van der Waals surface area contributed by atoms with Crippen molar-refractivity contribution in [1.29, 1.82) is 0 Å². The third-order valence-corrected chi connectivity index (χ3v) is 2.41. The Morgan fingerprint density at radius 3 is 1.14 bits per heavy atom. The molecule has 0 heterocycles. The van der Waals surface area contributed by atoms with Gasteiger partial charge < -0.3 is 9.11 Å². The molecule has 0 aliphatic rings. The molecule has 14 heavy (non-hydrogen) atoms. The van der Waals surface area contributed by atoms with Crippen LogP contribution in [0.15, 0.2) is 0 Å². The molecule has 2 unspecified atom stereocenters. The molecule has 0 rings (SSSR count). The SMILES string of the molecule is [Li+].[O-][S+]([N-][S+]([O-])C(F)(F)F)C(F)(F)F. The average molecular weight is 255 g/mol. The molecule has 0 radical (unpaired) electrons. The summed E-state index contributed by atoms with van der Waals surface area (Å²) in [5.41, 5.74) is -10.9. The van der Waals surface area contributed by atoms with Gasteiger partial charge in [-0.1, -0.05) is 0 Å². The molecule has 0 spiro atoms. The van der Waals surface area contributed by atoms with Crippen molar-refractivity contribution in [2.24, 2.45) is 0 Å². The van der Waals surface area contributed by atoms with Gasteiger partial charge in [0.2, 0.25) is 0 Å². The van der Waals surface area contributed by atoms with E-state index in [1.165, 1.54) is 4.13 Å². The largest absolute Gasteiger partial charge is 1.00 e. The van der Waals surface area contributed by atoms with Gasteiger partial charge in [-0.25, -0.2) is 0 Å². The van der Waals surface area contributed by atoms with E-state index >= 15 is 0 Å². The second kappa shape index (κ2) is 5.74. The van der Waals surface area contributed by atoms with Crippen LogP contribution in [-0.2, 0) is 22.7 Å². The van der Waals surface area contributed by atoms with Crippen molar-refractivity contribution in [2.75, 3.05) is 0 Å². The third-order valence-electron chi connectivity index (χ3n) is 0.531. The fraction of sp³-hybridized carbons (Fsp3) is 1.00. The topological polar surface area (TPSA) is 60.2 Å². The van der Waals surface area contributed by atoms with Crippen LogP contribution in [0.4, 0.5) is 26.3 Å². The first-order valence-electron chi connectivity index (χ1n) is 2.24. The molecule has 0 aliphatic carbocycles. The van der Waals surface area contributed by atoms with E-state index in [0.29, 0.717) is 0 Å². The van der Waals surface area contributed by atoms with Crippen molar-refractivity contribution in [2.45, 2.75) is 11.0 Å². The first-order valence-corrected chi connectivity index (χ1v) is 4.45. The molecule has 12 heteroatoms. The van der Waals surface area contributed by atoms with Crippen molar-refractivity contribution < 1.29 is 54.3 Å². The molecule has 0 aromatic carbocycles. The molecule has 0 fully saturated rings. The molecular formula is C2F6LiNO2S2. The van der Waals surface area contributed by atoms with E-state index in [0.717, 1.165) is 0 Å². The van der Waals surface area contributed by atoms with Crippen molar-refractivity contribution in [3.8, 4) is 0 Å². The summed E-state index contributed by atoms with van der Waals surface area (Å²) in [7, 11) is 0. The summed E-state index contributed by atoms with van der Waals surface area (Å²) in [5.74, 6) is 0. The van der Waals surface area contributed by atoms with E-state index in [2.05, 4.69) is 0 Å². The first-order chi connectivity index (χ1) is 5.55. The van der Waals surface area contributed by atoms with Gasteiger partial charge in [0.05, 0.1) is 0 Å². The second-order valence-electron chi connectivity index (χ2n) is 1.46. The molecule has 0 N–H and O–H groups in total. The van der Waals surface area contributed by atoms with Crippen LogP contribution in [-0.4, -0.2) is 20.1 Å². The molecule has 0 amide bonds. The molecule has 0 bridgehead atoms. The van der Waals surface area contributed by atoms with Crippen LogP contribution >= 0.6 is 0 Å². The van der Waals surface area contributed by atoms with Crippen LogP contribution in [0.1, 0.15) is 0 Å². The Kier molecular flexibility index (Phi) is 7.03. The molecule has 0 aromatic rings. The van der Waals surface area contributed by atoms with Crippen molar-refractivity contribution in [3.63, 3.8) is 0 Å². The van der Waals surface area contributed by atoms with Gasteiger partial charge in [0.25, 0.3) is 0 Å². The molecule has 0 aromatic heterocycles. The molecule has 0 aliphatic heterocycles. The summed E-state index contributed by atoms with van der Waals surface area (Å²) >= 11 is -8.22. The molecule has 0 saturated heterocycles. The van der Waals surface area contributed by atoms with Crippen molar-refractivity contribution in [1.82, 2.24) is 0 Å². The van der Waals surface area contributed by atoms with Crippen LogP contribution in [0.3, 0.4) is 0 Å². The van der Waals surface area contributed by atoms with E-state index in [1.54, 1.807) is 0 Å². The van der Waals surface area contributed by atoms with E-state index in [9.17, 15) is 35.4 Å². The summed E-state index contributed by atoms with van der Waals surface area (Å²) in [5, 5.41) is 0. The monoisotopic (exact) mass is 255 g/mol. The summed E-state index contributed by atoms with van der Waals surface area (Å²) in [6.07, 6.45) is 0. The van der Waals surface area contributed by atoms with Crippen LogP contribution < -0.4 is 18.9 Å².